The molecule has 2 aromatic heterocycles. The number of anilines is 3. The highest BCUT2D eigenvalue weighted by atomic mass is 32.1. The van der Waals surface area contributed by atoms with Crippen molar-refractivity contribution in [2.24, 2.45) is 16.7 Å². The Balaban J connectivity index is 1.51. The number of phenolic OH excluding ortho intramolecular Hbond substituents is 1. The van der Waals surface area contributed by atoms with Gasteiger partial charge in [0.25, 0.3) is 0 Å². The second-order valence-corrected chi connectivity index (χ2v) is 11.6. The van der Waals surface area contributed by atoms with Crippen molar-refractivity contribution in [3.8, 4) is 5.75 Å². The summed E-state index contributed by atoms with van der Waals surface area (Å²) in [6.45, 7) is 4.02. The Bertz CT molecular complexity index is 1250. The van der Waals surface area contributed by atoms with Gasteiger partial charge in [0.2, 0.25) is 5.91 Å². The molecule has 0 aliphatic heterocycles. The van der Waals surface area contributed by atoms with Gasteiger partial charge in [-0.3, -0.25) is 9.78 Å². The lowest BCUT2D eigenvalue weighted by molar-refractivity contribution is -0.143. The Labute approximate surface area is 214 Å². The second-order valence-electron chi connectivity index (χ2n) is 10.5. The van der Waals surface area contributed by atoms with Crippen LogP contribution in [0.5, 0.6) is 5.75 Å². The van der Waals surface area contributed by atoms with Crippen LogP contribution >= 0.6 is 11.3 Å². The lowest BCUT2D eigenvalue weighted by Crippen LogP contribution is -2.57. The lowest BCUT2D eigenvalue weighted by Gasteiger charge is -2.58. The van der Waals surface area contributed by atoms with Crippen LogP contribution in [0.4, 0.5) is 16.5 Å². The Kier molecular flexibility index (Phi) is 6.48. The molecular weight excluding hydrogens is 476 g/mol. The van der Waals surface area contributed by atoms with Gasteiger partial charge in [-0.2, -0.15) is 0 Å². The minimum atomic E-state index is -0.675. The van der Waals surface area contributed by atoms with Gasteiger partial charge in [0.1, 0.15) is 5.75 Å². The number of hydrogen-bond acceptors (Lipinski definition) is 8. The van der Waals surface area contributed by atoms with Crippen molar-refractivity contribution in [1.29, 1.82) is 0 Å². The van der Waals surface area contributed by atoms with Crippen LogP contribution < -0.4 is 10.6 Å². The van der Waals surface area contributed by atoms with Crippen molar-refractivity contribution in [3.05, 3.63) is 59.4 Å². The van der Waals surface area contributed by atoms with E-state index in [4.69, 9.17) is 4.98 Å². The Morgan fingerprint density at radius 3 is 2.75 bits per heavy atom. The predicted molar refractivity (Wildman–Crippen MR) is 139 cm³/mol. The average molecular weight is 509 g/mol. The number of pyridine rings is 1. The molecule has 1 saturated carbocycles. The number of aromatic hydroxyl groups is 1. The van der Waals surface area contributed by atoms with E-state index >= 15 is 0 Å². The molecule has 0 bridgehead atoms. The minimum absolute atomic E-state index is 0.0171. The molecule has 8 nitrogen and oxygen atoms in total. The van der Waals surface area contributed by atoms with Crippen LogP contribution in [0.25, 0.3) is 0 Å². The highest BCUT2D eigenvalue weighted by Crippen LogP contribution is 2.62. The molecule has 5 rings (SSSR count). The molecule has 2 aliphatic rings. The molecule has 2 aliphatic carbocycles. The predicted octanol–water partition coefficient (Wildman–Crippen LogP) is 4.43. The fourth-order valence-corrected chi connectivity index (χ4v) is 7.33. The van der Waals surface area contributed by atoms with E-state index in [1.54, 1.807) is 41.9 Å². The summed E-state index contributed by atoms with van der Waals surface area (Å²) < 4.78 is 0. The molecule has 5 unspecified atom stereocenters. The number of thiazole rings is 1. The summed E-state index contributed by atoms with van der Waals surface area (Å²) in [5.41, 5.74) is 1.27. The standard InChI is InChI=1S/C27H32N4O4S/c1-26-9-8-22(34)27(2,15-32)21(26)13-20-24(31-25(36-20)30-17-6-4-10-28-14-17)19(26)12-23(35)29-16-5-3-7-18(33)11-16/h3-7,10-11,14,19,21-22,32-34H,8-9,12-13,15H2,1-2H3,(H,29,35)(H,30,31). The van der Waals surface area contributed by atoms with Gasteiger partial charge in [-0.1, -0.05) is 19.9 Å². The third kappa shape index (κ3) is 4.36. The van der Waals surface area contributed by atoms with Crippen molar-refractivity contribution >= 4 is 33.8 Å². The number of fused-ring (bicyclic) bond motifs is 2. The monoisotopic (exact) mass is 508 g/mol. The molecular formula is C27H32N4O4S. The number of nitrogens with one attached hydrogen (secondary N) is 2. The summed E-state index contributed by atoms with van der Waals surface area (Å²) in [5, 5.41) is 38.1. The number of aliphatic hydroxyl groups is 2. The van der Waals surface area contributed by atoms with E-state index < -0.39 is 11.5 Å². The van der Waals surface area contributed by atoms with Crippen molar-refractivity contribution < 1.29 is 20.1 Å². The van der Waals surface area contributed by atoms with Crippen molar-refractivity contribution in [3.63, 3.8) is 0 Å². The van der Waals surface area contributed by atoms with E-state index in [0.29, 0.717) is 18.5 Å². The van der Waals surface area contributed by atoms with Crippen LogP contribution in [0, 0.1) is 16.7 Å². The van der Waals surface area contributed by atoms with Crippen LogP contribution in [0.1, 0.15) is 49.6 Å². The Morgan fingerprint density at radius 2 is 2.03 bits per heavy atom. The highest BCUT2D eigenvalue weighted by molar-refractivity contribution is 7.15. The van der Waals surface area contributed by atoms with Crippen LogP contribution in [0.3, 0.4) is 0 Å². The molecule has 1 fully saturated rings. The van der Waals surface area contributed by atoms with E-state index in [1.807, 2.05) is 19.1 Å². The summed E-state index contributed by atoms with van der Waals surface area (Å²) in [7, 11) is 0. The molecule has 36 heavy (non-hydrogen) atoms. The third-order valence-electron chi connectivity index (χ3n) is 8.33. The first-order valence-corrected chi connectivity index (χ1v) is 13.1. The van der Waals surface area contributed by atoms with E-state index in [1.165, 1.54) is 6.07 Å². The molecule has 2 heterocycles. The van der Waals surface area contributed by atoms with Gasteiger partial charge in [-0.05, 0) is 54.9 Å². The van der Waals surface area contributed by atoms with E-state index in [0.717, 1.165) is 27.8 Å². The molecule has 5 atom stereocenters. The zero-order valence-corrected chi connectivity index (χ0v) is 21.3. The van der Waals surface area contributed by atoms with E-state index in [2.05, 4.69) is 22.5 Å². The van der Waals surface area contributed by atoms with Gasteiger partial charge in [0.15, 0.2) is 5.13 Å². The Morgan fingerprint density at radius 1 is 1.22 bits per heavy atom. The number of aromatic nitrogens is 2. The van der Waals surface area contributed by atoms with Crippen LogP contribution in [-0.2, 0) is 11.2 Å². The van der Waals surface area contributed by atoms with Crippen molar-refractivity contribution in [1.82, 2.24) is 9.97 Å². The first-order chi connectivity index (χ1) is 17.2. The number of phenols is 1. The van der Waals surface area contributed by atoms with Gasteiger partial charge < -0.3 is 26.0 Å². The van der Waals surface area contributed by atoms with Gasteiger partial charge in [0, 0.05) is 40.6 Å². The number of carbonyl (C=O) groups excluding carboxylic acids is 1. The molecule has 5 N–H and O–H groups in total. The van der Waals surface area contributed by atoms with E-state index in [-0.39, 0.29) is 41.9 Å². The largest absolute Gasteiger partial charge is 0.508 e. The lowest BCUT2D eigenvalue weighted by atomic mass is 9.47. The Hall–Kier alpha value is -3.01. The van der Waals surface area contributed by atoms with Crippen LogP contribution in [-0.4, -0.2) is 43.9 Å². The van der Waals surface area contributed by atoms with Crippen molar-refractivity contribution in [2.75, 3.05) is 17.2 Å². The number of carbonyl (C=O) groups is 1. The first-order valence-electron chi connectivity index (χ1n) is 12.3. The number of hydrogen-bond donors (Lipinski definition) is 5. The fourth-order valence-electron chi connectivity index (χ4n) is 6.24. The minimum Gasteiger partial charge on any atom is -0.508 e. The fraction of sp³-hybridized carbons (Fsp3) is 0.444. The maximum Gasteiger partial charge on any atom is 0.225 e. The van der Waals surface area contributed by atoms with E-state index in [9.17, 15) is 20.1 Å². The average Bonchev–Trinajstić information content (AvgIpc) is 3.25. The smallest absolute Gasteiger partial charge is 0.225 e. The summed E-state index contributed by atoms with van der Waals surface area (Å²) in [6, 6.07) is 10.3. The second kappa shape index (κ2) is 9.46. The van der Waals surface area contributed by atoms with Gasteiger partial charge in [0.05, 0.1) is 30.3 Å². The maximum atomic E-state index is 13.3. The maximum absolute atomic E-state index is 13.3. The number of rotatable bonds is 6. The highest BCUT2D eigenvalue weighted by Gasteiger charge is 2.59. The van der Waals surface area contributed by atoms with Crippen LogP contribution in [0.15, 0.2) is 48.8 Å². The quantitative estimate of drug-likeness (QED) is 0.333. The van der Waals surface area contributed by atoms with Gasteiger partial charge in [-0.15, -0.1) is 11.3 Å². The normalized spacial score (nSPS) is 29.2. The number of nitrogens with zero attached hydrogens (tertiary/aromatic N) is 2. The molecule has 3 aromatic rings. The summed E-state index contributed by atoms with van der Waals surface area (Å²) in [4.78, 5) is 23.5. The zero-order valence-electron chi connectivity index (χ0n) is 20.4. The third-order valence-corrected chi connectivity index (χ3v) is 9.33. The molecule has 0 spiro atoms. The van der Waals surface area contributed by atoms with Gasteiger partial charge in [-0.25, -0.2) is 4.98 Å². The molecule has 0 radical (unpaired) electrons. The summed E-state index contributed by atoms with van der Waals surface area (Å²) >= 11 is 1.56. The van der Waals surface area contributed by atoms with Gasteiger partial charge >= 0.3 is 0 Å². The number of amides is 1. The summed E-state index contributed by atoms with van der Waals surface area (Å²) in [5.74, 6) is -0.283. The first kappa shape index (κ1) is 24.7. The topological polar surface area (TPSA) is 128 Å². The summed E-state index contributed by atoms with van der Waals surface area (Å²) in [6.07, 6.45) is 5.05. The molecule has 9 heteroatoms. The van der Waals surface area contributed by atoms with Crippen LogP contribution in [0.2, 0.25) is 0 Å². The molecule has 1 aromatic carbocycles. The molecule has 0 saturated heterocycles. The molecule has 1 amide bonds. The zero-order chi connectivity index (χ0) is 25.5. The SMILES string of the molecule is CC1(CO)C(O)CCC2(C)C(CC(=O)Nc3cccc(O)c3)c3nc(Nc4cccnc4)sc3CC12. The number of benzene rings is 1. The number of aliphatic hydroxyl groups excluding tert-OH is 2. The van der Waals surface area contributed by atoms with Crippen molar-refractivity contribution in [2.45, 2.75) is 51.6 Å². The molecule has 190 valence electrons.